The highest BCUT2D eigenvalue weighted by molar-refractivity contribution is 6.04. The van der Waals surface area contributed by atoms with Crippen molar-refractivity contribution in [1.29, 1.82) is 0 Å². The number of halogens is 1. The Labute approximate surface area is 151 Å². The van der Waals surface area contributed by atoms with Gasteiger partial charge in [-0.3, -0.25) is 14.5 Å². The summed E-state index contributed by atoms with van der Waals surface area (Å²) >= 11 is 0. The van der Waals surface area contributed by atoms with Gasteiger partial charge in [0.05, 0.1) is 11.1 Å². The Morgan fingerprint density at radius 3 is 2.73 bits per heavy atom. The first-order valence-corrected chi connectivity index (χ1v) is 8.92. The molecule has 2 saturated heterocycles. The minimum atomic E-state index is -0.347. The third-order valence-electron chi connectivity index (χ3n) is 5.49. The van der Waals surface area contributed by atoms with Crippen LogP contribution in [0.1, 0.15) is 18.4 Å². The Bertz CT molecular complexity index is 910. The normalized spacial score (nSPS) is 23.3. The van der Waals surface area contributed by atoms with Gasteiger partial charge in [0, 0.05) is 38.9 Å². The number of nitrogens with zero attached hydrogens (tertiary/aromatic N) is 3. The molecule has 3 heterocycles. The second-order valence-electron chi connectivity index (χ2n) is 7.45. The number of β-lactam (4-membered cyclic amide) rings is 1. The molecule has 2 aliphatic heterocycles. The van der Waals surface area contributed by atoms with Crippen LogP contribution in [0.15, 0.2) is 47.4 Å². The highest BCUT2D eigenvalue weighted by Crippen LogP contribution is 2.42. The van der Waals surface area contributed by atoms with E-state index in [-0.39, 0.29) is 22.7 Å². The molecule has 0 bridgehead atoms. The summed E-state index contributed by atoms with van der Waals surface area (Å²) in [6, 6.07) is 9.84. The van der Waals surface area contributed by atoms with Crippen molar-refractivity contribution in [3.05, 3.63) is 64.3 Å². The van der Waals surface area contributed by atoms with Gasteiger partial charge in [-0.25, -0.2) is 4.39 Å². The quantitative estimate of drug-likeness (QED) is 0.793. The number of piperidine rings is 1. The highest BCUT2D eigenvalue weighted by Gasteiger charge is 2.54. The van der Waals surface area contributed by atoms with E-state index in [0.29, 0.717) is 19.6 Å². The summed E-state index contributed by atoms with van der Waals surface area (Å²) in [5, 5.41) is 0. The minimum absolute atomic E-state index is 0.0876. The highest BCUT2D eigenvalue weighted by atomic mass is 19.1. The standard InChI is InChI=1S/C20H22FN3O2/c1-22-12-17(6-7-18(22)25)24-14-20(19(24)26)8-3-9-23(13-20)11-15-4-2-5-16(21)10-15/h2,4-7,10,12H,3,8-9,11,13-14H2,1H3. The molecule has 136 valence electrons. The molecule has 1 aromatic carbocycles. The van der Waals surface area contributed by atoms with Crippen LogP contribution in [0.25, 0.3) is 0 Å². The number of aromatic nitrogens is 1. The summed E-state index contributed by atoms with van der Waals surface area (Å²) in [6.07, 6.45) is 3.55. The van der Waals surface area contributed by atoms with Gasteiger partial charge in [0.2, 0.25) is 11.5 Å². The second kappa shape index (κ2) is 6.36. The Morgan fingerprint density at radius 2 is 2.00 bits per heavy atom. The van der Waals surface area contributed by atoms with Crippen LogP contribution in [0.5, 0.6) is 0 Å². The van der Waals surface area contributed by atoms with Gasteiger partial charge >= 0.3 is 0 Å². The fourth-order valence-electron chi connectivity index (χ4n) is 4.14. The lowest BCUT2D eigenvalue weighted by Crippen LogP contribution is -2.67. The predicted molar refractivity (Wildman–Crippen MR) is 97.4 cm³/mol. The van der Waals surface area contributed by atoms with Gasteiger partial charge in [0.15, 0.2) is 0 Å². The van der Waals surface area contributed by atoms with Crippen molar-refractivity contribution >= 4 is 11.6 Å². The van der Waals surface area contributed by atoms with Gasteiger partial charge in [-0.15, -0.1) is 0 Å². The van der Waals surface area contributed by atoms with Gasteiger partial charge in [0.1, 0.15) is 5.82 Å². The van der Waals surface area contributed by atoms with Crippen LogP contribution in [0.2, 0.25) is 0 Å². The lowest BCUT2D eigenvalue weighted by Gasteiger charge is -2.53. The van der Waals surface area contributed by atoms with Crippen LogP contribution >= 0.6 is 0 Å². The van der Waals surface area contributed by atoms with E-state index in [0.717, 1.165) is 30.6 Å². The lowest BCUT2D eigenvalue weighted by atomic mass is 9.72. The molecule has 1 aromatic heterocycles. The summed E-state index contributed by atoms with van der Waals surface area (Å²) in [4.78, 5) is 28.5. The zero-order chi connectivity index (χ0) is 18.3. The molecule has 2 aromatic rings. The second-order valence-corrected chi connectivity index (χ2v) is 7.45. The van der Waals surface area contributed by atoms with E-state index < -0.39 is 0 Å². The molecule has 2 aliphatic rings. The average Bonchev–Trinajstić information content (AvgIpc) is 2.62. The molecule has 2 fully saturated rings. The molecule has 0 saturated carbocycles. The van der Waals surface area contributed by atoms with Crippen molar-refractivity contribution in [2.24, 2.45) is 12.5 Å². The van der Waals surface area contributed by atoms with Crippen molar-refractivity contribution in [3.8, 4) is 0 Å². The van der Waals surface area contributed by atoms with E-state index >= 15 is 0 Å². The summed E-state index contributed by atoms with van der Waals surface area (Å²) in [5.41, 5.74) is 1.27. The van der Waals surface area contributed by atoms with Crippen molar-refractivity contribution in [3.63, 3.8) is 0 Å². The number of aryl methyl sites for hydroxylation is 1. The van der Waals surface area contributed by atoms with Crippen LogP contribution in [-0.2, 0) is 18.4 Å². The zero-order valence-electron chi connectivity index (χ0n) is 14.8. The van der Waals surface area contributed by atoms with Crippen LogP contribution in [0.3, 0.4) is 0 Å². The molecule has 5 nitrogen and oxygen atoms in total. The number of anilines is 1. The number of carbonyl (C=O) groups excluding carboxylic acids is 1. The topological polar surface area (TPSA) is 45.5 Å². The van der Waals surface area contributed by atoms with Gasteiger partial charge in [-0.1, -0.05) is 12.1 Å². The zero-order valence-corrected chi connectivity index (χ0v) is 14.8. The number of benzene rings is 1. The van der Waals surface area contributed by atoms with Gasteiger partial charge in [-0.2, -0.15) is 0 Å². The van der Waals surface area contributed by atoms with E-state index in [1.165, 1.54) is 16.7 Å². The Morgan fingerprint density at radius 1 is 1.15 bits per heavy atom. The van der Waals surface area contributed by atoms with E-state index in [4.69, 9.17) is 0 Å². The molecule has 0 N–H and O–H groups in total. The molecule has 4 rings (SSSR count). The third-order valence-corrected chi connectivity index (χ3v) is 5.49. The number of rotatable bonds is 3. The fourth-order valence-corrected chi connectivity index (χ4v) is 4.14. The number of carbonyl (C=O) groups is 1. The summed E-state index contributed by atoms with van der Waals surface area (Å²) in [6.45, 7) is 2.95. The first-order valence-electron chi connectivity index (χ1n) is 8.92. The van der Waals surface area contributed by atoms with Crippen molar-refractivity contribution in [2.75, 3.05) is 24.5 Å². The molecule has 1 amide bonds. The lowest BCUT2D eigenvalue weighted by molar-refractivity contribution is -0.139. The molecular formula is C20H22FN3O2. The molecule has 0 aliphatic carbocycles. The summed E-state index contributed by atoms with van der Waals surface area (Å²) < 4.78 is 14.9. The summed E-state index contributed by atoms with van der Waals surface area (Å²) in [7, 11) is 1.69. The van der Waals surface area contributed by atoms with Crippen LogP contribution in [0, 0.1) is 11.2 Å². The minimum Gasteiger partial charge on any atom is -0.317 e. The maximum absolute atomic E-state index is 13.4. The van der Waals surface area contributed by atoms with E-state index in [1.807, 2.05) is 6.07 Å². The van der Waals surface area contributed by atoms with Crippen LogP contribution in [0.4, 0.5) is 10.1 Å². The molecule has 0 radical (unpaired) electrons. The van der Waals surface area contributed by atoms with E-state index in [2.05, 4.69) is 4.90 Å². The smallest absolute Gasteiger partial charge is 0.250 e. The third kappa shape index (κ3) is 2.94. The maximum atomic E-state index is 13.4. The molecule has 1 unspecified atom stereocenters. The van der Waals surface area contributed by atoms with Gasteiger partial charge < -0.3 is 9.47 Å². The van der Waals surface area contributed by atoms with E-state index in [9.17, 15) is 14.0 Å². The van der Waals surface area contributed by atoms with Gasteiger partial charge in [0.25, 0.3) is 0 Å². The van der Waals surface area contributed by atoms with Crippen molar-refractivity contribution < 1.29 is 9.18 Å². The SMILES string of the molecule is Cn1cc(N2CC3(CCCN(Cc4cccc(F)c4)C3)C2=O)ccc1=O. The van der Waals surface area contributed by atoms with Gasteiger partial charge in [-0.05, 0) is 43.1 Å². The number of likely N-dealkylation sites (tertiary alicyclic amines) is 1. The average molecular weight is 355 g/mol. The monoisotopic (exact) mass is 355 g/mol. The first kappa shape index (κ1) is 17.0. The number of hydrogen-bond acceptors (Lipinski definition) is 3. The van der Waals surface area contributed by atoms with E-state index in [1.54, 1.807) is 36.3 Å². The molecule has 1 spiro atoms. The largest absolute Gasteiger partial charge is 0.317 e. The summed E-state index contributed by atoms with van der Waals surface area (Å²) in [5.74, 6) is -0.102. The Kier molecular flexibility index (Phi) is 4.15. The predicted octanol–water partition coefficient (Wildman–Crippen LogP) is 2.15. The molecule has 1 atom stereocenters. The number of hydrogen-bond donors (Lipinski definition) is 0. The number of pyridine rings is 1. The Hall–Kier alpha value is -2.47. The first-order chi connectivity index (χ1) is 12.5. The van der Waals surface area contributed by atoms with Crippen LogP contribution in [-0.4, -0.2) is 35.0 Å². The number of amides is 1. The van der Waals surface area contributed by atoms with Crippen LogP contribution < -0.4 is 10.5 Å². The molecule has 6 heteroatoms. The Balaban J connectivity index is 1.47. The van der Waals surface area contributed by atoms with Crippen molar-refractivity contribution in [1.82, 2.24) is 9.47 Å². The maximum Gasteiger partial charge on any atom is 0.250 e. The van der Waals surface area contributed by atoms with Crippen molar-refractivity contribution in [2.45, 2.75) is 19.4 Å². The molecule has 26 heavy (non-hydrogen) atoms. The molecular weight excluding hydrogens is 333 g/mol. The fraction of sp³-hybridized carbons (Fsp3) is 0.400.